The van der Waals surface area contributed by atoms with Crippen LogP contribution in [0.15, 0.2) is 47.5 Å². The molecule has 1 fully saturated rings. The molecule has 0 spiro atoms. The highest BCUT2D eigenvalue weighted by molar-refractivity contribution is 14.0. The van der Waals surface area contributed by atoms with Crippen LogP contribution in [0.3, 0.4) is 0 Å². The van der Waals surface area contributed by atoms with E-state index in [1.807, 2.05) is 31.2 Å². The molecule has 1 saturated heterocycles. The summed E-state index contributed by atoms with van der Waals surface area (Å²) < 4.78 is 19.3. The summed E-state index contributed by atoms with van der Waals surface area (Å²) in [6.45, 7) is 5.89. The normalized spacial score (nSPS) is 14.4. The maximum atomic E-state index is 14.0. The number of aliphatic imine (C=N–C) groups is 1. The number of rotatable bonds is 5. The fourth-order valence-corrected chi connectivity index (χ4v) is 3.33. The standard InChI is InChI=1S/C21H27FN4O2.HI/c1-3-28-20-9-8-16(14-17(20)22)15-24-21(23-2)26-12-10-25(11-13-26)18-6-4-5-7-19(18)27;/h4-9,14,27H,3,10-13,15H2,1-2H3,(H,23,24);1H. The summed E-state index contributed by atoms with van der Waals surface area (Å²) in [6, 6.07) is 12.4. The molecular formula is C21H28FIN4O2. The Labute approximate surface area is 188 Å². The fourth-order valence-electron chi connectivity index (χ4n) is 3.33. The van der Waals surface area contributed by atoms with E-state index < -0.39 is 0 Å². The number of halogens is 2. The van der Waals surface area contributed by atoms with Crippen LogP contribution in [-0.2, 0) is 6.54 Å². The minimum atomic E-state index is -0.354. The number of aromatic hydroxyl groups is 1. The average molecular weight is 514 g/mol. The number of para-hydroxylation sites is 2. The lowest BCUT2D eigenvalue weighted by Crippen LogP contribution is -2.52. The van der Waals surface area contributed by atoms with Crippen LogP contribution in [-0.4, -0.2) is 55.8 Å². The summed E-state index contributed by atoms with van der Waals surface area (Å²) in [5.41, 5.74) is 1.69. The first-order valence-electron chi connectivity index (χ1n) is 9.52. The second-order valence-corrected chi connectivity index (χ2v) is 6.56. The minimum absolute atomic E-state index is 0. The number of benzene rings is 2. The van der Waals surface area contributed by atoms with Crippen molar-refractivity contribution in [1.82, 2.24) is 10.2 Å². The van der Waals surface area contributed by atoms with Crippen LogP contribution in [0.1, 0.15) is 12.5 Å². The molecule has 0 aliphatic carbocycles. The number of phenols is 1. The topological polar surface area (TPSA) is 60.3 Å². The fraction of sp³-hybridized carbons (Fsp3) is 0.381. The van der Waals surface area contributed by atoms with E-state index in [0.29, 0.717) is 18.9 Å². The molecule has 0 amide bonds. The Bertz CT molecular complexity index is 826. The lowest BCUT2D eigenvalue weighted by Gasteiger charge is -2.37. The zero-order valence-corrected chi connectivity index (χ0v) is 19.1. The molecule has 6 nitrogen and oxygen atoms in total. The average Bonchev–Trinajstić information content (AvgIpc) is 2.71. The number of ether oxygens (including phenoxy) is 1. The van der Waals surface area contributed by atoms with Gasteiger partial charge in [0.1, 0.15) is 5.75 Å². The van der Waals surface area contributed by atoms with Gasteiger partial charge in [0.2, 0.25) is 0 Å². The van der Waals surface area contributed by atoms with E-state index >= 15 is 0 Å². The molecule has 0 saturated carbocycles. The van der Waals surface area contributed by atoms with E-state index in [4.69, 9.17) is 4.74 Å². The molecule has 0 unspecified atom stereocenters. The predicted octanol–water partition coefficient (Wildman–Crippen LogP) is 3.45. The number of hydrogen-bond donors (Lipinski definition) is 2. The molecular weight excluding hydrogens is 486 g/mol. The molecule has 3 rings (SSSR count). The molecule has 0 atom stereocenters. The molecule has 29 heavy (non-hydrogen) atoms. The van der Waals surface area contributed by atoms with E-state index in [2.05, 4.69) is 20.1 Å². The first-order chi connectivity index (χ1) is 13.6. The van der Waals surface area contributed by atoms with Crippen molar-refractivity contribution in [3.05, 3.63) is 53.8 Å². The number of piperazine rings is 1. The van der Waals surface area contributed by atoms with Crippen LogP contribution in [0, 0.1) is 5.82 Å². The zero-order valence-electron chi connectivity index (χ0n) is 16.8. The maximum Gasteiger partial charge on any atom is 0.194 e. The third-order valence-electron chi connectivity index (χ3n) is 4.76. The van der Waals surface area contributed by atoms with Crippen molar-refractivity contribution in [2.75, 3.05) is 44.7 Å². The summed E-state index contributed by atoms with van der Waals surface area (Å²) in [7, 11) is 1.75. The molecule has 1 heterocycles. The van der Waals surface area contributed by atoms with Gasteiger partial charge in [0.15, 0.2) is 17.5 Å². The second-order valence-electron chi connectivity index (χ2n) is 6.56. The number of nitrogens with zero attached hydrogens (tertiary/aromatic N) is 3. The predicted molar refractivity (Wildman–Crippen MR) is 125 cm³/mol. The molecule has 2 aromatic rings. The molecule has 1 aliphatic heterocycles. The van der Waals surface area contributed by atoms with Crippen molar-refractivity contribution >= 4 is 35.6 Å². The smallest absolute Gasteiger partial charge is 0.194 e. The lowest BCUT2D eigenvalue weighted by molar-refractivity contribution is 0.321. The highest BCUT2D eigenvalue weighted by atomic mass is 127. The summed E-state index contributed by atoms with van der Waals surface area (Å²) in [5, 5.41) is 13.3. The molecule has 2 aromatic carbocycles. The van der Waals surface area contributed by atoms with Gasteiger partial charge in [-0.15, -0.1) is 24.0 Å². The van der Waals surface area contributed by atoms with Crippen LogP contribution in [0.2, 0.25) is 0 Å². The van der Waals surface area contributed by atoms with Crippen molar-refractivity contribution in [3.8, 4) is 11.5 Å². The molecule has 0 bridgehead atoms. The number of nitrogens with one attached hydrogen (secondary N) is 1. The largest absolute Gasteiger partial charge is 0.506 e. The second kappa shape index (κ2) is 11.1. The Morgan fingerprint density at radius 2 is 1.90 bits per heavy atom. The Kier molecular flexibility index (Phi) is 8.81. The summed E-state index contributed by atoms with van der Waals surface area (Å²) >= 11 is 0. The Morgan fingerprint density at radius 3 is 2.52 bits per heavy atom. The summed E-state index contributed by atoms with van der Waals surface area (Å²) in [5.74, 6) is 1.01. The number of phenolic OH excluding ortho intramolecular Hbond substituents is 1. The van der Waals surface area contributed by atoms with Gasteiger partial charge in [-0.3, -0.25) is 4.99 Å². The van der Waals surface area contributed by atoms with Crippen LogP contribution in [0.25, 0.3) is 0 Å². The van der Waals surface area contributed by atoms with Crippen LogP contribution < -0.4 is 15.0 Å². The number of guanidine groups is 1. The van der Waals surface area contributed by atoms with Crippen molar-refractivity contribution in [2.24, 2.45) is 4.99 Å². The third-order valence-corrected chi connectivity index (χ3v) is 4.76. The molecule has 158 valence electrons. The highest BCUT2D eigenvalue weighted by Crippen LogP contribution is 2.27. The number of hydrogen-bond acceptors (Lipinski definition) is 4. The van der Waals surface area contributed by atoms with E-state index in [1.54, 1.807) is 19.2 Å². The van der Waals surface area contributed by atoms with Crippen LogP contribution in [0.5, 0.6) is 11.5 Å². The summed E-state index contributed by atoms with van der Waals surface area (Å²) in [6.07, 6.45) is 0. The third kappa shape index (κ3) is 5.88. The van der Waals surface area contributed by atoms with Gasteiger partial charge < -0.3 is 25.0 Å². The van der Waals surface area contributed by atoms with Gasteiger partial charge in [0, 0.05) is 39.8 Å². The SMILES string of the molecule is CCOc1ccc(CNC(=NC)N2CCN(c3ccccc3O)CC2)cc1F.I. The molecule has 8 heteroatoms. The van der Waals surface area contributed by atoms with Crippen molar-refractivity contribution in [2.45, 2.75) is 13.5 Å². The lowest BCUT2D eigenvalue weighted by atomic mass is 10.2. The Hall–Kier alpha value is -2.23. The Balaban J connectivity index is 0.00000300. The van der Waals surface area contributed by atoms with Crippen LogP contribution in [0.4, 0.5) is 10.1 Å². The van der Waals surface area contributed by atoms with E-state index in [9.17, 15) is 9.50 Å². The van der Waals surface area contributed by atoms with Crippen molar-refractivity contribution in [1.29, 1.82) is 0 Å². The molecule has 0 radical (unpaired) electrons. The monoisotopic (exact) mass is 514 g/mol. The van der Waals surface area contributed by atoms with E-state index in [0.717, 1.165) is 43.4 Å². The van der Waals surface area contributed by atoms with Gasteiger partial charge in [-0.25, -0.2) is 4.39 Å². The quantitative estimate of drug-likeness (QED) is 0.364. The summed E-state index contributed by atoms with van der Waals surface area (Å²) in [4.78, 5) is 8.69. The van der Waals surface area contributed by atoms with Crippen molar-refractivity contribution in [3.63, 3.8) is 0 Å². The van der Waals surface area contributed by atoms with Gasteiger partial charge in [-0.2, -0.15) is 0 Å². The van der Waals surface area contributed by atoms with Gasteiger partial charge in [0.25, 0.3) is 0 Å². The van der Waals surface area contributed by atoms with Gasteiger partial charge >= 0.3 is 0 Å². The minimum Gasteiger partial charge on any atom is -0.506 e. The van der Waals surface area contributed by atoms with Gasteiger partial charge in [-0.1, -0.05) is 18.2 Å². The van der Waals surface area contributed by atoms with Gasteiger partial charge in [-0.05, 0) is 36.8 Å². The van der Waals surface area contributed by atoms with Crippen molar-refractivity contribution < 1.29 is 14.2 Å². The van der Waals surface area contributed by atoms with E-state index in [-0.39, 0.29) is 35.5 Å². The first kappa shape index (κ1) is 23.1. The maximum absolute atomic E-state index is 14.0. The first-order valence-corrected chi connectivity index (χ1v) is 9.52. The van der Waals surface area contributed by atoms with Gasteiger partial charge in [0.05, 0.1) is 12.3 Å². The molecule has 2 N–H and O–H groups in total. The molecule has 1 aliphatic rings. The zero-order chi connectivity index (χ0) is 19.9. The highest BCUT2D eigenvalue weighted by Gasteiger charge is 2.21. The Morgan fingerprint density at radius 1 is 1.17 bits per heavy atom. The molecule has 0 aromatic heterocycles. The van der Waals surface area contributed by atoms with Crippen LogP contribution >= 0.6 is 24.0 Å². The van der Waals surface area contributed by atoms with E-state index in [1.165, 1.54) is 6.07 Å². The number of anilines is 1.